The second-order valence-corrected chi connectivity index (χ2v) is 6.31. The number of benzene rings is 2. The third-order valence-corrected chi connectivity index (χ3v) is 4.05. The van der Waals surface area contributed by atoms with Crippen molar-refractivity contribution >= 4 is 18.9 Å². The fourth-order valence-corrected chi connectivity index (χ4v) is 2.61. The first-order valence-electron chi connectivity index (χ1n) is 8.71. The van der Waals surface area contributed by atoms with Crippen LogP contribution in [-0.4, -0.2) is 32.1 Å². The van der Waals surface area contributed by atoms with E-state index < -0.39 is 5.97 Å². The molecule has 2 aromatic rings. The Morgan fingerprint density at radius 3 is 2.11 bits per heavy atom. The van der Waals surface area contributed by atoms with Crippen molar-refractivity contribution in [3.05, 3.63) is 66.2 Å². The molecule has 28 heavy (non-hydrogen) atoms. The molecule has 0 N–H and O–H groups in total. The third-order valence-electron chi connectivity index (χ3n) is 4.05. The zero-order chi connectivity index (χ0) is 20.4. The molecule has 0 amide bonds. The average Bonchev–Trinajstić information content (AvgIpc) is 2.71. The molecule has 0 spiro atoms. The van der Waals surface area contributed by atoms with E-state index in [0.717, 1.165) is 16.7 Å². The molecule has 2 aromatic carbocycles. The van der Waals surface area contributed by atoms with Crippen molar-refractivity contribution in [2.45, 2.75) is 13.3 Å². The molecule has 0 aliphatic heterocycles. The molecule has 0 bridgehead atoms. The first-order valence-corrected chi connectivity index (χ1v) is 8.71. The van der Waals surface area contributed by atoms with Crippen molar-refractivity contribution in [1.29, 1.82) is 0 Å². The van der Waals surface area contributed by atoms with Crippen LogP contribution < -0.4 is 4.74 Å². The minimum absolute atomic E-state index is 0.138. The van der Waals surface area contributed by atoms with E-state index in [9.17, 15) is 14.4 Å². The summed E-state index contributed by atoms with van der Waals surface area (Å²) < 4.78 is 14.8. The van der Waals surface area contributed by atoms with Crippen LogP contribution in [0.1, 0.15) is 12.5 Å². The zero-order valence-corrected chi connectivity index (χ0v) is 15.6. The number of esters is 1. The number of carbonyl (C=O) groups excluding carboxylic acids is 3. The topological polar surface area (TPSA) is 78.9 Å². The Hall–Kier alpha value is -3.41. The first-order chi connectivity index (χ1) is 13.5. The summed E-state index contributed by atoms with van der Waals surface area (Å²) in [7, 11) is 0. The number of hydrogen-bond donors (Lipinski definition) is 0. The van der Waals surface area contributed by atoms with Gasteiger partial charge in [0.05, 0.1) is 13.2 Å². The van der Waals surface area contributed by atoms with Gasteiger partial charge in [0.15, 0.2) is 0 Å². The van der Waals surface area contributed by atoms with Gasteiger partial charge in [-0.25, -0.2) is 4.79 Å². The molecule has 2 rings (SSSR count). The number of rotatable bonds is 11. The van der Waals surface area contributed by atoms with Crippen LogP contribution in [0.4, 0.5) is 0 Å². The second-order valence-electron chi connectivity index (χ2n) is 6.31. The fourth-order valence-electron chi connectivity index (χ4n) is 2.61. The molecule has 1 atom stereocenters. The van der Waals surface area contributed by atoms with Gasteiger partial charge in [-0.1, -0.05) is 43.0 Å². The van der Waals surface area contributed by atoms with E-state index in [-0.39, 0.29) is 19.1 Å². The second kappa shape index (κ2) is 10.7. The summed E-state index contributed by atoms with van der Waals surface area (Å²) in [5.41, 5.74) is 3.34. The highest BCUT2D eigenvalue weighted by molar-refractivity contribution is 5.86. The number of carbonyl (C=O) groups is 3. The maximum Gasteiger partial charge on any atom is 0.333 e. The van der Waals surface area contributed by atoms with E-state index in [1.54, 1.807) is 19.1 Å². The molecule has 0 heterocycles. The van der Waals surface area contributed by atoms with Gasteiger partial charge < -0.3 is 14.2 Å². The smallest absolute Gasteiger partial charge is 0.333 e. The number of hydrogen-bond acceptors (Lipinski definition) is 6. The first kappa shape index (κ1) is 20.9. The Labute approximate surface area is 163 Å². The van der Waals surface area contributed by atoms with Crippen molar-refractivity contribution in [2.75, 3.05) is 13.2 Å². The molecule has 6 nitrogen and oxygen atoms in total. The predicted octanol–water partition coefficient (Wildman–Crippen LogP) is 3.34. The van der Waals surface area contributed by atoms with Crippen molar-refractivity contribution < 1.29 is 28.6 Å². The summed E-state index contributed by atoms with van der Waals surface area (Å²) in [5, 5.41) is 0. The van der Waals surface area contributed by atoms with Crippen LogP contribution in [0.25, 0.3) is 11.1 Å². The Balaban J connectivity index is 2.02. The van der Waals surface area contributed by atoms with E-state index in [0.29, 0.717) is 30.7 Å². The summed E-state index contributed by atoms with van der Waals surface area (Å²) >= 11 is 0. The summed E-state index contributed by atoms with van der Waals surface area (Å²) in [6.45, 7) is 6.20. The average molecular weight is 382 g/mol. The van der Waals surface area contributed by atoms with Crippen molar-refractivity contribution in [1.82, 2.24) is 0 Å². The zero-order valence-electron chi connectivity index (χ0n) is 15.6. The SMILES string of the molecule is C=C(C)C(=O)OCC(COC=O)Cc1ccc(-c2ccc(OC=O)cc2)cc1. The fraction of sp³-hybridized carbons (Fsp3) is 0.227. The highest BCUT2D eigenvalue weighted by Gasteiger charge is 2.14. The van der Waals surface area contributed by atoms with Crippen LogP contribution in [0.3, 0.4) is 0 Å². The Kier molecular flexibility index (Phi) is 7.96. The monoisotopic (exact) mass is 382 g/mol. The molecule has 1 unspecified atom stereocenters. The Morgan fingerprint density at radius 2 is 1.57 bits per heavy atom. The minimum atomic E-state index is -0.464. The molecule has 0 aromatic heterocycles. The molecule has 0 radical (unpaired) electrons. The normalized spacial score (nSPS) is 11.2. The molecule has 0 saturated heterocycles. The molecule has 0 saturated carbocycles. The van der Waals surface area contributed by atoms with Gasteiger partial charge in [0, 0.05) is 11.5 Å². The molecule has 6 heteroatoms. The molecular weight excluding hydrogens is 360 g/mol. The largest absolute Gasteiger partial charge is 0.467 e. The standard InChI is InChI=1S/C22H22O6/c1-16(2)22(25)27-13-18(12-26-14-23)11-17-3-5-19(6-4-17)20-7-9-21(10-8-20)28-15-24/h3-10,14-15,18H,1,11-13H2,2H3. The van der Waals surface area contributed by atoms with Crippen LogP contribution in [0.15, 0.2) is 60.7 Å². The maximum atomic E-state index is 11.6. The molecule has 0 aliphatic rings. The van der Waals surface area contributed by atoms with Gasteiger partial charge in [-0.15, -0.1) is 0 Å². The summed E-state index contributed by atoms with van der Waals surface area (Å²) in [4.78, 5) is 32.4. The van der Waals surface area contributed by atoms with Crippen LogP contribution >= 0.6 is 0 Å². The van der Waals surface area contributed by atoms with E-state index in [4.69, 9.17) is 14.2 Å². The van der Waals surface area contributed by atoms with Gasteiger partial charge in [0.2, 0.25) is 0 Å². The van der Waals surface area contributed by atoms with Gasteiger partial charge >= 0.3 is 5.97 Å². The lowest BCUT2D eigenvalue weighted by Gasteiger charge is -2.16. The number of ether oxygens (including phenoxy) is 3. The highest BCUT2D eigenvalue weighted by atomic mass is 16.5. The van der Waals surface area contributed by atoms with Crippen LogP contribution in [0.5, 0.6) is 5.75 Å². The third kappa shape index (κ3) is 6.39. The Morgan fingerprint density at radius 1 is 0.964 bits per heavy atom. The Bertz CT molecular complexity index is 808. The van der Waals surface area contributed by atoms with E-state index in [2.05, 4.69) is 6.58 Å². The quantitative estimate of drug-likeness (QED) is 0.337. The van der Waals surface area contributed by atoms with Crippen LogP contribution in [0.2, 0.25) is 0 Å². The lowest BCUT2D eigenvalue weighted by molar-refractivity contribution is -0.141. The molecule has 146 valence electrons. The van der Waals surface area contributed by atoms with E-state index in [1.165, 1.54) is 0 Å². The molecule has 0 fully saturated rings. The van der Waals surface area contributed by atoms with Gasteiger partial charge in [0.25, 0.3) is 12.9 Å². The van der Waals surface area contributed by atoms with Crippen LogP contribution in [-0.2, 0) is 30.3 Å². The van der Waals surface area contributed by atoms with Crippen LogP contribution in [0, 0.1) is 5.92 Å². The maximum absolute atomic E-state index is 11.6. The van der Waals surface area contributed by atoms with E-state index in [1.807, 2.05) is 36.4 Å². The summed E-state index contributed by atoms with van der Waals surface area (Å²) in [5.74, 6) is -0.134. The lowest BCUT2D eigenvalue weighted by atomic mass is 9.98. The molecular formula is C22H22O6. The highest BCUT2D eigenvalue weighted by Crippen LogP contribution is 2.23. The molecule has 0 aliphatic carbocycles. The summed E-state index contributed by atoms with van der Waals surface area (Å²) in [6.07, 6.45) is 0.587. The van der Waals surface area contributed by atoms with E-state index >= 15 is 0 Å². The van der Waals surface area contributed by atoms with Gasteiger partial charge in [-0.2, -0.15) is 0 Å². The van der Waals surface area contributed by atoms with Gasteiger partial charge in [0.1, 0.15) is 5.75 Å². The van der Waals surface area contributed by atoms with Gasteiger partial charge in [-0.05, 0) is 42.2 Å². The lowest BCUT2D eigenvalue weighted by Crippen LogP contribution is -2.21. The van der Waals surface area contributed by atoms with Gasteiger partial charge in [-0.3, -0.25) is 9.59 Å². The van der Waals surface area contributed by atoms with Crippen molar-refractivity contribution in [2.24, 2.45) is 5.92 Å². The summed E-state index contributed by atoms with van der Waals surface area (Å²) in [6, 6.07) is 15.1. The predicted molar refractivity (Wildman–Crippen MR) is 104 cm³/mol. The van der Waals surface area contributed by atoms with Crippen molar-refractivity contribution in [3.63, 3.8) is 0 Å². The minimum Gasteiger partial charge on any atom is -0.467 e. The van der Waals surface area contributed by atoms with Crippen molar-refractivity contribution in [3.8, 4) is 16.9 Å².